The van der Waals surface area contributed by atoms with Crippen LogP contribution in [-0.4, -0.2) is 5.91 Å². The van der Waals surface area contributed by atoms with Crippen LogP contribution in [0.5, 0.6) is 0 Å². The summed E-state index contributed by atoms with van der Waals surface area (Å²) >= 11 is 0. The SMILES string of the molecule is CC(C)(C)C(=O)NC(Cc1ccccc1)c1ccccc1. The summed E-state index contributed by atoms with van der Waals surface area (Å²) in [6, 6.07) is 20.4. The van der Waals surface area contributed by atoms with Gasteiger partial charge in [-0.25, -0.2) is 0 Å². The number of hydrogen-bond acceptors (Lipinski definition) is 1. The molecule has 0 fully saturated rings. The van der Waals surface area contributed by atoms with Gasteiger partial charge in [0.1, 0.15) is 0 Å². The third-order valence-corrected chi connectivity index (χ3v) is 3.47. The maximum Gasteiger partial charge on any atom is 0.225 e. The molecule has 0 saturated carbocycles. The number of rotatable bonds is 4. The van der Waals surface area contributed by atoms with Crippen LogP contribution in [0.15, 0.2) is 60.7 Å². The first-order valence-corrected chi connectivity index (χ1v) is 7.36. The smallest absolute Gasteiger partial charge is 0.225 e. The van der Waals surface area contributed by atoms with Gasteiger partial charge in [-0.15, -0.1) is 0 Å². The van der Waals surface area contributed by atoms with E-state index < -0.39 is 0 Å². The van der Waals surface area contributed by atoms with Crippen molar-refractivity contribution in [2.75, 3.05) is 0 Å². The van der Waals surface area contributed by atoms with Gasteiger partial charge in [0, 0.05) is 5.41 Å². The highest BCUT2D eigenvalue weighted by atomic mass is 16.2. The van der Waals surface area contributed by atoms with Crippen LogP contribution in [0.1, 0.15) is 37.9 Å². The highest BCUT2D eigenvalue weighted by Gasteiger charge is 2.24. The van der Waals surface area contributed by atoms with E-state index in [1.807, 2.05) is 57.2 Å². The highest BCUT2D eigenvalue weighted by Crippen LogP contribution is 2.21. The molecule has 0 aliphatic heterocycles. The van der Waals surface area contributed by atoms with E-state index in [-0.39, 0.29) is 17.4 Å². The largest absolute Gasteiger partial charge is 0.349 e. The molecule has 2 rings (SSSR count). The number of carbonyl (C=O) groups is 1. The number of benzene rings is 2. The van der Waals surface area contributed by atoms with Crippen molar-refractivity contribution in [2.45, 2.75) is 33.2 Å². The van der Waals surface area contributed by atoms with E-state index in [4.69, 9.17) is 0 Å². The van der Waals surface area contributed by atoms with Crippen molar-refractivity contribution in [3.8, 4) is 0 Å². The van der Waals surface area contributed by atoms with E-state index >= 15 is 0 Å². The maximum atomic E-state index is 12.3. The quantitative estimate of drug-likeness (QED) is 0.897. The molecule has 0 saturated heterocycles. The van der Waals surface area contributed by atoms with Gasteiger partial charge in [0.05, 0.1) is 6.04 Å². The van der Waals surface area contributed by atoms with Crippen molar-refractivity contribution >= 4 is 5.91 Å². The molecular formula is C19H23NO. The molecule has 2 aromatic rings. The second-order valence-corrected chi connectivity index (χ2v) is 6.38. The van der Waals surface area contributed by atoms with Gasteiger partial charge in [0.15, 0.2) is 0 Å². The van der Waals surface area contributed by atoms with Crippen molar-refractivity contribution in [1.82, 2.24) is 5.32 Å². The number of nitrogens with one attached hydrogen (secondary N) is 1. The van der Waals surface area contributed by atoms with Gasteiger partial charge in [0.25, 0.3) is 0 Å². The maximum absolute atomic E-state index is 12.3. The van der Waals surface area contributed by atoms with Gasteiger partial charge in [-0.05, 0) is 17.5 Å². The molecule has 0 aliphatic carbocycles. The van der Waals surface area contributed by atoms with Crippen LogP contribution >= 0.6 is 0 Å². The molecule has 2 heteroatoms. The second-order valence-electron chi connectivity index (χ2n) is 6.38. The van der Waals surface area contributed by atoms with E-state index in [1.54, 1.807) is 0 Å². The lowest BCUT2D eigenvalue weighted by atomic mass is 9.93. The number of hydrogen-bond donors (Lipinski definition) is 1. The molecule has 0 bridgehead atoms. The molecule has 1 amide bonds. The molecule has 0 heterocycles. The molecule has 21 heavy (non-hydrogen) atoms. The van der Waals surface area contributed by atoms with E-state index in [1.165, 1.54) is 5.56 Å². The summed E-state index contributed by atoms with van der Waals surface area (Å²) in [6.45, 7) is 5.81. The Bertz CT molecular complexity index is 570. The molecule has 2 nitrogen and oxygen atoms in total. The summed E-state index contributed by atoms with van der Waals surface area (Å²) < 4.78 is 0. The topological polar surface area (TPSA) is 29.1 Å². The van der Waals surface area contributed by atoms with Crippen LogP contribution in [0.4, 0.5) is 0 Å². The minimum absolute atomic E-state index is 0.000301. The lowest BCUT2D eigenvalue weighted by Crippen LogP contribution is -2.38. The van der Waals surface area contributed by atoms with Gasteiger partial charge in [-0.1, -0.05) is 81.4 Å². The van der Waals surface area contributed by atoms with Crippen molar-refractivity contribution in [3.05, 3.63) is 71.8 Å². The summed E-state index contributed by atoms with van der Waals surface area (Å²) in [5.41, 5.74) is 1.98. The lowest BCUT2D eigenvalue weighted by Gasteiger charge is -2.25. The fraction of sp³-hybridized carbons (Fsp3) is 0.316. The predicted octanol–water partition coefficient (Wildman–Crippen LogP) is 4.13. The Kier molecular flexibility index (Phi) is 4.79. The van der Waals surface area contributed by atoms with Crippen LogP contribution in [0.3, 0.4) is 0 Å². The van der Waals surface area contributed by atoms with Crippen LogP contribution in [-0.2, 0) is 11.2 Å². The Hall–Kier alpha value is -2.09. The highest BCUT2D eigenvalue weighted by molar-refractivity contribution is 5.81. The molecule has 0 spiro atoms. The van der Waals surface area contributed by atoms with Gasteiger partial charge >= 0.3 is 0 Å². The van der Waals surface area contributed by atoms with Crippen molar-refractivity contribution in [2.24, 2.45) is 5.41 Å². The number of amides is 1. The van der Waals surface area contributed by atoms with E-state index in [0.29, 0.717) is 0 Å². The van der Waals surface area contributed by atoms with Gasteiger partial charge in [0.2, 0.25) is 5.91 Å². The third kappa shape index (κ3) is 4.45. The molecule has 2 aromatic carbocycles. The average Bonchev–Trinajstić information content (AvgIpc) is 2.47. The van der Waals surface area contributed by atoms with Crippen LogP contribution in [0, 0.1) is 5.41 Å². The summed E-state index contributed by atoms with van der Waals surface area (Å²) in [5.74, 6) is 0.0762. The molecular weight excluding hydrogens is 258 g/mol. The zero-order valence-electron chi connectivity index (χ0n) is 13.0. The molecule has 0 radical (unpaired) electrons. The molecule has 0 aromatic heterocycles. The molecule has 1 atom stereocenters. The van der Waals surface area contributed by atoms with E-state index in [0.717, 1.165) is 12.0 Å². The van der Waals surface area contributed by atoms with Crippen LogP contribution < -0.4 is 5.32 Å². The first-order valence-electron chi connectivity index (χ1n) is 7.36. The van der Waals surface area contributed by atoms with Gasteiger partial charge < -0.3 is 5.32 Å². The van der Waals surface area contributed by atoms with E-state index in [2.05, 4.69) is 29.6 Å². The first kappa shape index (κ1) is 15.3. The Morgan fingerprint density at radius 3 is 2.00 bits per heavy atom. The standard InChI is InChI=1S/C19H23NO/c1-19(2,3)18(21)20-17(16-12-8-5-9-13-16)14-15-10-6-4-7-11-15/h4-13,17H,14H2,1-3H3,(H,20,21). The Morgan fingerprint density at radius 2 is 1.48 bits per heavy atom. The Morgan fingerprint density at radius 1 is 0.952 bits per heavy atom. The normalized spacial score (nSPS) is 12.7. The fourth-order valence-electron chi connectivity index (χ4n) is 2.16. The number of carbonyl (C=O) groups excluding carboxylic acids is 1. The predicted molar refractivity (Wildman–Crippen MR) is 86.9 cm³/mol. The third-order valence-electron chi connectivity index (χ3n) is 3.47. The summed E-state index contributed by atoms with van der Waals surface area (Å²) in [6.07, 6.45) is 0.798. The summed E-state index contributed by atoms with van der Waals surface area (Å²) in [5, 5.41) is 3.18. The van der Waals surface area contributed by atoms with Crippen molar-refractivity contribution < 1.29 is 4.79 Å². The Labute approximate surface area is 127 Å². The minimum Gasteiger partial charge on any atom is -0.349 e. The molecule has 110 valence electrons. The Balaban J connectivity index is 2.21. The minimum atomic E-state index is -0.385. The second kappa shape index (κ2) is 6.57. The van der Waals surface area contributed by atoms with Crippen LogP contribution in [0.25, 0.3) is 0 Å². The van der Waals surface area contributed by atoms with Gasteiger partial charge in [-0.3, -0.25) is 4.79 Å². The zero-order valence-corrected chi connectivity index (χ0v) is 13.0. The molecule has 1 unspecified atom stereocenters. The fourth-order valence-corrected chi connectivity index (χ4v) is 2.16. The molecule has 1 N–H and O–H groups in total. The van der Waals surface area contributed by atoms with Crippen LogP contribution in [0.2, 0.25) is 0 Å². The monoisotopic (exact) mass is 281 g/mol. The lowest BCUT2D eigenvalue weighted by molar-refractivity contribution is -0.129. The van der Waals surface area contributed by atoms with E-state index in [9.17, 15) is 4.79 Å². The molecule has 0 aliphatic rings. The van der Waals surface area contributed by atoms with Gasteiger partial charge in [-0.2, -0.15) is 0 Å². The first-order chi connectivity index (χ1) is 9.97. The summed E-state index contributed by atoms with van der Waals surface area (Å²) in [4.78, 5) is 12.3. The average molecular weight is 281 g/mol. The van der Waals surface area contributed by atoms with Crippen molar-refractivity contribution in [3.63, 3.8) is 0 Å². The van der Waals surface area contributed by atoms with Crippen molar-refractivity contribution in [1.29, 1.82) is 0 Å². The zero-order chi connectivity index (χ0) is 15.3. The summed E-state index contributed by atoms with van der Waals surface area (Å²) in [7, 11) is 0.